The van der Waals surface area contributed by atoms with Crippen LogP contribution in [0.3, 0.4) is 0 Å². The Balaban J connectivity index is 2.52. The minimum absolute atomic E-state index is 0.361. The molecule has 4 N–H and O–H groups in total. The topological polar surface area (TPSA) is 98.1 Å². The Bertz CT molecular complexity index is 546. The molecule has 19 heavy (non-hydrogen) atoms. The highest BCUT2D eigenvalue weighted by atomic mass is 79.9. The second-order valence-corrected chi connectivity index (χ2v) is 4.47. The molecule has 2 rings (SSSR count). The third kappa shape index (κ3) is 2.55. The van der Waals surface area contributed by atoms with Gasteiger partial charge in [0, 0.05) is 5.56 Å². The number of H-pyrrole nitrogens is 1. The standard InChI is InChI=1S/C11H14BrN5O2/c1-18-7-4-3-6(10(19-2)8(7)12)9(16-13)11-14-5-15-17-11/h3-5,9,16H,13H2,1-2H3,(H,14,15,17). The molecular formula is C11H14BrN5O2. The van der Waals surface area contributed by atoms with Gasteiger partial charge in [-0.25, -0.2) is 10.4 Å². The lowest BCUT2D eigenvalue weighted by molar-refractivity contribution is 0.382. The summed E-state index contributed by atoms with van der Waals surface area (Å²) in [5, 5.41) is 6.60. The largest absolute Gasteiger partial charge is 0.495 e. The Kier molecular flexibility index (Phi) is 4.35. The summed E-state index contributed by atoms with van der Waals surface area (Å²) in [5.74, 6) is 7.49. The molecule has 0 fully saturated rings. The number of aromatic amines is 1. The van der Waals surface area contributed by atoms with Gasteiger partial charge in [0.25, 0.3) is 0 Å². The number of nitrogens with zero attached hydrogens (tertiary/aromatic N) is 2. The summed E-state index contributed by atoms with van der Waals surface area (Å²) >= 11 is 3.45. The molecule has 0 aliphatic heterocycles. The summed E-state index contributed by atoms with van der Waals surface area (Å²) in [5.41, 5.74) is 3.50. The van der Waals surface area contributed by atoms with Gasteiger partial charge in [0.2, 0.25) is 0 Å². The van der Waals surface area contributed by atoms with E-state index in [9.17, 15) is 0 Å². The third-order valence-corrected chi connectivity index (χ3v) is 3.45. The molecule has 0 bridgehead atoms. The van der Waals surface area contributed by atoms with Crippen LogP contribution in [0.4, 0.5) is 0 Å². The first-order chi connectivity index (χ1) is 9.22. The molecule has 0 spiro atoms. The van der Waals surface area contributed by atoms with Crippen molar-refractivity contribution in [2.24, 2.45) is 5.84 Å². The molecule has 0 saturated heterocycles. The van der Waals surface area contributed by atoms with E-state index in [-0.39, 0.29) is 6.04 Å². The van der Waals surface area contributed by atoms with Gasteiger partial charge in [0.15, 0.2) is 0 Å². The minimum atomic E-state index is -0.361. The molecule has 8 heteroatoms. The number of rotatable bonds is 5. The molecule has 2 aromatic rings. The summed E-state index contributed by atoms with van der Waals surface area (Å²) in [6.07, 6.45) is 1.42. The number of nitrogens with two attached hydrogens (primary N) is 1. The highest BCUT2D eigenvalue weighted by molar-refractivity contribution is 9.10. The molecule has 0 aliphatic rings. The quantitative estimate of drug-likeness (QED) is 0.562. The second-order valence-electron chi connectivity index (χ2n) is 3.67. The van der Waals surface area contributed by atoms with Crippen LogP contribution >= 0.6 is 15.9 Å². The number of hydrazine groups is 1. The number of ether oxygens (including phenoxy) is 2. The van der Waals surface area contributed by atoms with E-state index in [1.54, 1.807) is 14.2 Å². The zero-order chi connectivity index (χ0) is 13.8. The summed E-state index contributed by atoms with van der Waals surface area (Å²) in [6, 6.07) is 3.32. The normalized spacial score (nSPS) is 12.2. The lowest BCUT2D eigenvalue weighted by Gasteiger charge is -2.19. The average molecular weight is 328 g/mol. The zero-order valence-corrected chi connectivity index (χ0v) is 12.1. The SMILES string of the molecule is COc1ccc(C(NN)c2ncn[nH]2)c(OC)c1Br. The zero-order valence-electron chi connectivity index (χ0n) is 10.5. The Hall–Kier alpha value is -1.64. The van der Waals surface area contributed by atoms with E-state index in [0.29, 0.717) is 17.3 Å². The molecule has 0 aliphatic carbocycles. The van der Waals surface area contributed by atoms with E-state index in [1.165, 1.54) is 6.33 Å². The number of benzene rings is 1. The molecule has 1 heterocycles. The molecule has 102 valence electrons. The van der Waals surface area contributed by atoms with Gasteiger partial charge in [0.05, 0.1) is 14.2 Å². The van der Waals surface area contributed by atoms with Crippen molar-refractivity contribution in [1.82, 2.24) is 20.6 Å². The van der Waals surface area contributed by atoms with Crippen molar-refractivity contribution in [3.63, 3.8) is 0 Å². The minimum Gasteiger partial charge on any atom is -0.495 e. The van der Waals surface area contributed by atoms with E-state index < -0.39 is 0 Å². The van der Waals surface area contributed by atoms with Crippen LogP contribution in [0.1, 0.15) is 17.4 Å². The summed E-state index contributed by atoms with van der Waals surface area (Å²) in [7, 11) is 3.17. The van der Waals surface area contributed by atoms with E-state index in [4.69, 9.17) is 15.3 Å². The van der Waals surface area contributed by atoms with Gasteiger partial charge in [-0.2, -0.15) is 5.10 Å². The van der Waals surface area contributed by atoms with Crippen molar-refractivity contribution in [3.05, 3.63) is 34.3 Å². The van der Waals surface area contributed by atoms with Crippen molar-refractivity contribution >= 4 is 15.9 Å². The molecule has 0 amide bonds. The number of hydrogen-bond donors (Lipinski definition) is 3. The number of aromatic nitrogens is 3. The van der Waals surface area contributed by atoms with Crippen molar-refractivity contribution in [3.8, 4) is 11.5 Å². The Morgan fingerprint density at radius 3 is 2.68 bits per heavy atom. The molecule has 1 atom stereocenters. The van der Waals surface area contributed by atoms with Crippen LogP contribution in [0, 0.1) is 0 Å². The van der Waals surface area contributed by atoms with Crippen LogP contribution in [-0.2, 0) is 0 Å². The number of hydrogen-bond acceptors (Lipinski definition) is 6. The van der Waals surface area contributed by atoms with Crippen molar-refractivity contribution in [2.45, 2.75) is 6.04 Å². The maximum absolute atomic E-state index is 5.60. The van der Waals surface area contributed by atoms with Gasteiger partial charge in [-0.3, -0.25) is 10.9 Å². The Morgan fingerprint density at radius 2 is 2.16 bits per heavy atom. The van der Waals surface area contributed by atoms with Crippen LogP contribution < -0.4 is 20.7 Å². The third-order valence-electron chi connectivity index (χ3n) is 2.70. The highest BCUT2D eigenvalue weighted by Gasteiger charge is 2.22. The smallest absolute Gasteiger partial charge is 0.147 e. The summed E-state index contributed by atoms with van der Waals surface area (Å²) < 4.78 is 11.4. The second kappa shape index (κ2) is 6.00. The van der Waals surface area contributed by atoms with E-state index in [1.807, 2.05) is 12.1 Å². The fraction of sp³-hybridized carbons (Fsp3) is 0.273. The van der Waals surface area contributed by atoms with E-state index in [0.717, 1.165) is 10.0 Å². The molecule has 1 unspecified atom stereocenters. The van der Waals surface area contributed by atoms with E-state index >= 15 is 0 Å². The predicted molar refractivity (Wildman–Crippen MR) is 72.8 cm³/mol. The van der Waals surface area contributed by atoms with Crippen LogP contribution in [0.25, 0.3) is 0 Å². The van der Waals surface area contributed by atoms with Gasteiger partial charge in [-0.15, -0.1) is 0 Å². The number of methoxy groups -OCH3 is 2. The molecule has 7 nitrogen and oxygen atoms in total. The summed E-state index contributed by atoms with van der Waals surface area (Å²) in [6.45, 7) is 0. The molecular weight excluding hydrogens is 314 g/mol. The van der Waals surface area contributed by atoms with Crippen LogP contribution in [0.5, 0.6) is 11.5 Å². The fourth-order valence-electron chi connectivity index (χ4n) is 1.82. The maximum atomic E-state index is 5.60. The monoisotopic (exact) mass is 327 g/mol. The van der Waals surface area contributed by atoms with Crippen molar-refractivity contribution < 1.29 is 9.47 Å². The first kappa shape index (κ1) is 13.8. The summed E-state index contributed by atoms with van der Waals surface area (Å²) in [4.78, 5) is 4.10. The van der Waals surface area contributed by atoms with Gasteiger partial charge in [-0.05, 0) is 28.1 Å². The first-order valence-electron chi connectivity index (χ1n) is 5.44. The Morgan fingerprint density at radius 1 is 1.37 bits per heavy atom. The van der Waals surface area contributed by atoms with Crippen molar-refractivity contribution in [2.75, 3.05) is 14.2 Å². The number of nitrogens with one attached hydrogen (secondary N) is 2. The lowest BCUT2D eigenvalue weighted by Crippen LogP contribution is -2.30. The first-order valence-corrected chi connectivity index (χ1v) is 6.24. The van der Waals surface area contributed by atoms with Gasteiger partial charge < -0.3 is 9.47 Å². The van der Waals surface area contributed by atoms with Crippen LogP contribution in [0.2, 0.25) is 0 Å². The van der Waals surface area contributed by atoms with E-state index in [2.05, 4.69) is 36.5 Å². The molecule has 0 radical (unpaired) electrons. The van der Waals surface area contributed by atoms with Crippen LogP contribution in [-0.4, -0.2) is 29.4 Å². The highest BCUT2D eigenvalue weighted by Crippen LogP contribution is 2.40. The van der Waals surface area contributed by atoms with Gasteiger partial charge >= 0.3 is 0 Å². The van der Waals surface area contributed by atoms with Crippen LogP contribution in [0.15, 0.2) is 22.9 Å². The molecule has 0 saturated carbocycles. The van der Waals surface area contributed by atoms with Gasteiger partial charge in [-0.1, -0.05) is 0 Å². The average Bonchev–Trinajstić information content (AvgIpc) is 2.94. The van der Waals surface area contributed by atoms with Crippen molar-refractivity contribution in [1.29, 1.82) is 0 Å². The maximum Gasteiger partial charge on any atom is 0.147 e. The lowest BCUT2D eigenvalue weighted by atomic mass is 10.1. The number of halogens is 1. The van der Waals surface area contributed by atoms with Gasteiger partial charge in [0.1, 0.15) is 34.2 Å². The fourth-order valence-corrected chi connectivity index (χ4v) is 2.50. The molecule has 1 aromatic heterocycles. The Labute approximate surface area is 118 Å². The molecule has 1 aromatic carbocycles. The predicted octanol–water partition coefficient (Wildman–Crippen LogP) is 1.14.